The van der Waals surface area contributed by atoms with Crippen molar-refractivity contribution in [2.24, 2.45) is 0 Å². The van der Waals surface area contributed by atoms with Crippen molar-refractivity contribution in [2.75, 3.05) is 18.0 Å². The molecule has 0 bridgehead atoms. The van der Waals surface area contributed by atoms with Gasteiger partial charge in [-0.15, -0.1) is 0 Å². The van der Waals surface area contributed by atoms with Gasteiger partial charge in [-0.25, -0.2) is 13.2 Å². The average molecular weight is 453 g/mol. The van der Waals surface area contributed by atoms with Crippen LogP contribution in [0.1, 0.15) is 21.5 Å². The molecule has 0 unspecified atom stereocenters. The van der Waals surface area contributed by atoms with E-state index in [4.69, 9.17) is 4.74 Å². The molecule has 0 heterocycles. The van der Waals surface area contributed by atoms with Gasteiger partial charge in [0.1, 0.15) is 0 Å². The predicted molar refractivity (Wildman–Crippen MR) is 122 cm³/mol. The lowest BCUT2D eigenvalue weighted by molar-refractivity contribution is -0.124. The van der Waals surface area contributed by atoms with Gasteiger partial charge < -0.3 is 10.1 Å². The lowest BCUT2D eigenvalue weighted by Crippen LogP contribution is -2.28. The van der Waals surface area contributed by atoms with E-state index in [1.807, 2.05) is 49.4 Å². The highest BCUT2D eigenvalue weighted by atomic mass is 32.2. The van der Waals surface area contributed by atoms with Crippen LogP contribution in [0.25, 0.3) is 0 Å². The number of rotatable bonds is 8. The summed E-state index contributed by atoms with van der Waals surface area (Å²) >= 11 is 0. The van der Waals surface area contributed by atoms with Gasteiger partial charge >= 0.3 is 5.97 Å². The van der Waals surface area contributed by atoms with Crippen LogP contribution in [-0.2, 0) is 26.1 Å². The minimum Gasteiger partial charge on any atom is -0.452 e. The summed E-state index contributed by atoms with van der Waals surface area (Å²) in [6, 6.07) is 21.9. The SMILES string of the molecule is Cc1ccc(N(C)S(=O)(=O)c2cccc(C(=O)OCC(=O)NCc3ccccc3)c2)cc1. The number of amides is 1. The first-order valence-electron chi connectivity index (χ1n) is 9.91. The molecule has 166 valence electrons. The maximum atomic E-state index is 13.0. The van der Waals surface area contributed by atoms with E-state index in [-0.39, 0.29) is 10.5 Å². The van der Waals surface area contributed by atoms with Crippen molar-refractivity contribution in [3.63, 3.8) is 0 Å². The normalized spacial score (nSPS) is 10.9. The summed E-state index contributed by atoms with van der Waals surface area (Å²) in [7, 11) is -2.44. The van der Waals surface area contributed by atoms with Crippen LogP contribution in [0.5, 0.6) is 0 Å². The van der Waals surface area contributed by atoms with Crippen LogP contribution in [0.3, 0.4) is 0 Å². The van der Waals surface area contributed by atoms with Gasteiger partial charge in [0.2, 0.25) is 0 Å². The number of ether oxygens (including phenoxy) is 1. The molecule has 0 saturated heterocycles. The highest BCUT2D eigenvalue weighted by Crippen LogP contribution is 2.23. The molecule has 0 spiro atoms. The van der Waals surface area contributed by atoms with E-state index in [9.17, 15) is 18.0 Å². The number of carbonyl (C=O) groups is 2. The van der Waals surface area contributed by atoms with Crippen molar-refractivity contribution in [3.8, 4) is 0 Å². The Labute approximate surface area is 187 Å². The smallest absolute Gasteiger partial charge is 0.338 e. The Morgan fingerprint density at radius 1 is 0.938 bits per heavy atom. The zero-order valence-corrected chi connectivity index (χ0v) is 18.6. The van der Waals surface area contributed by atoms with Gasteiger partial charge in [0.05, 0.1) is 16.1 Å². The van der Waals surface area contributed by atoms with E-state index < -0.39 is 28.5 Å². The third-order valence-corrected chi connectivity index (χ3v) is 6.57. The molecule has 3 aromatic carbocycles. The second kappa shape index (κ2) is 10.1. The molecule has 0 aromatic heterocycles. The van der Waals surface area contributed by atoms with Gasteiger partial charge in [-0.1, -0.05) is 54.1 Å². The first-order chi connectivity index (χ1) is 15.3. The molecule has 0 aliphatic rings. The number of nitrogens with zero attached hydrogens (tertiary/aromatic N) is 1. The fourth-order valence-corrected chi connectivity index (χ4v) is 4.14. The van der Waals surface area contributed by atoms with Gasteiger partial charge in [-0.05, 0) is 42.8 Å². The number of anilines is 1. The quantitative estimate of drug-likeness (QED) is 0.530. The molecule has 0 atom stereocenters. The highest BCUT2D eigenvalue weighted by molar-refractivity contribution is 7.92. The van der Waals surface area contributed by atoms with Crippen LogP contribution in [0.15, 0.2) is 83.8 Å². The fraction of sp³-hybridized carbons (Fsp3) is 0.167. The Kier molecular flexibility index (Phi) is 7.27. The van der Waals surface area contributed by atoms with E-state index in [1.165, 1.54) is 31.3 Å². The molecule has 3 aromatic rings. The van der Waals surface area contributed by atoms with Gasteiger partial charge in [0, 0.05) is 13.6 Å². The van der Waals surface area contributed by atoms with Crippen molar-refractivity contribution in [1.29, 1.82) is 0 Å². The second-order valence-corrected chi connectivity index (χ2v) is 9.14. The van der Waals surface area contributed by atoms with Crippen LogP contribution in [0.2, 0.25) is 0 Å². The second-order valence-electron chi connectivity index (χ2n) is 7.17. The van der Waals surface area contributed by atoms with Crippen LogP contribution in [0.4, 0.5) is 5.69 Å². The number of esters is 1. The van der Waals surface area contributed by atoms with Crippen molar-refractivity contribution < 1.29 is 22.7 Å². The molecule has 8 heteroatoms. The van der Waals surface area contributed by atoms with Gasteiger partial charge in [-0.2, -0.15) is 0 Å². The standard InChI is InChI=1S/C24H24N2O5S/c1-18-11-13-21(14-12-18)26(2)32(29,30)22-10-6-9-20(15-22)24(28)31-17-23(27)25-16-19-7-4-3-5-8-19/h3-15H,16-17H2,1-2H3,(H,25,27). The predicted octanol–water partition coefficient (Wildman–Crippen LogP) is 3.29. The van der Waals surface area contributed by atoms with E-state index in [1.54, 1.807) is 12.1 Å². The number of aryl methyl sites for hydroxylation is 1. The minimum absolute atomic E-state index is 0.0410. The number of hydrogen-bond acceptors (Lipinski definition) is 5. The number of carbonyl (C=O) groups excluding carboxylic acids is 2. The van der Waals surface area contributed by atoms with Crippen LogP contribution >= 0.6 is 0 Å². The Morgan fingerprint density at radius 3 is 2.31 bits per heavy atom. The van der Waals surface area contributed by atoms with Crippen molar-refractivity contribution >= 4 is 27.6 Å². The summed E-state index contributed by atoms with van der Waals surface area (Å²) < 4.78 is 32.2. The maximum Gasteiger partial charge on any atom is 0.338 e. The summed E-state index contributed by atoms with van der Waals surface area (Å²) in [5, 5.41) is 2.66. The minimum atomic E-state index is -3.89. The summed E-state index contributed by atoms with van der Waals surface area (Å²) in [5.41, 5.74) is 2.47. The molecule has 1 amide bonds. The van der Waals surface area contributed by atoms with Crippen molar-refractivity contribution in [1.82, 2.24) is 5.32 Å². The first-order valence-corrected chi connectivity index (χ1v) is 11.3. The molecule has 3 rings (SSSR count). The Bertz CT molecular complexity index is 1190. The first kappa shape index (κ1) is 23.0. The molecule has 1 N–H and O–H groups in total. The zero-order chi connectivity index (χ0) is 23.1. The van der Waals surface area contributed by atoms with Crippen molar-refractivity contribution in [2.45, 2.75) is 18.4 Å². The molecule has 0 saturated carbocycles. The number of nitrogens with one attached hydrogen (secondary N) is 1. The topological polar surface area (TPSA) is 92.8 Å². The van der Waals surface area contributed by atoms with Gasteiger partial charge in [-0.3, -0.25) is 9.10 Å². The molecule has 0 aliphatic heterocycles. The maximum absolute atomic E-state index is 13.0. The van der Waals surface area contributed by atoms with E-state index in [0.717, 1.165) is 15.4 Å². The molecule has 0 aliphatic carbocycles. The molecule has 32 heavy (non-hydrogen) atoms. The molecular formula is C24H24N2O5S. The lowest BCUT2D eigenvalue weighted by atomic mass is 10.2. The van der Waals surface area contributed by atoms with E-state index >= 15 is 0 Å². The Balaban J connectivity index is 1.63. The van der Waals surface area contributed by atoms with Gasteiger partial charge in [0.25, 0.3) is 15.9 Å². The van der Waals surface area contributed by atoms with Crippen LogP contribution in [-0.4, -0.2) is 33.9 Å². The third kappa shape index (κ3) is 5.73. The molecule has 0 radical (unpaired) electrons. The zero-order valence-electron chi connectivity index (χ0n) is 17.8. The number of sulfonamides is 1. The lowest BCUT2D eigenvalue weighted by Gasteiger charge is -2.20. The summed E-state index contributed by atoms with van der Waals surface area (Å²) in [6.07, 6.45) is 0. The van der Waals surface area contributed by atoms with Crippen LogP contribution in [0, 0.1) is 6.92 Å². The Morgan fingerprint density at radius 2 is 1.62 bits per heavy atom. The molecule has 0 fully saturated rings. The molecular weight excluding hydrogens is 428 g/mol. The van der Waals surface area contributed by atoms with Gasteiger partial charge in [0.15, 0.2) is 6.61 Å². The highest BCUT2D eigenvalue weighted by Gasteiger charge is 2.23. The number of benzene rings is 3. The van der Waals surface area contributed by atoms with E-state index in [0.29, 0.717) is 12.2 Å². The monoisotopic (exact) mass is 452 g/mol. The summed E-state index contributed by atoms with van der Waals surface area (Å²) in [5.74, 6) is -1.24. The van der Waals surface area contributed by atoms with E-state index in [2.05, 4.69) is 5.32 Å². The summed E-state index contributed by atoms with van der Waals surface area (Å²) in [4.78, 5) is 24.3. The summed E-state index contributed by atoms with van der Waals surface area (Å²) in [6.45, 7) is 1.76. The molecule has 7 nitrogen and oxygen atoms in total. The van der Waals surface area contributed by atoms with Crippen molar-refractivity contribution in [3.05, 3.63) is 95.6 Å². The fourth-order valence-electron chi connectivity index (χ4n) is 2.90. The largest absolute Gasteiger partial charge is 0.452 e. The Hall–Kier alpha value is -3.65. The van der Waals surface area contributed by atoms with Crippen LogP contribution < -0.4 is 9.62 Å². The number of hydrogen-bond donors (Lipinski definition) is 1. The third-order valence-electron chi connectivity index (χ3n) is 4.79. The average Bonchev–Trinajstić information content (AvgIpc) is 2.82.